The first kappa shape index (κ1) is 15.1. The lowest BCUT2D eigenvalue weighted by molar-refractivity contribution is 0.306. The Hall–Kier alpha value is -2.83. The molecule has 0 atom stereocenters. The van der Waals surface area contributed by atoms with Gasteiger partial charge in [-0.15, -0.1) is 0 Å². The van der Waals surface area contributed by atoms with Crippen LogP contribution in [0.4, 0.5) is 0 Å². The predicted molar refractivity (Wildman–Crippen MR) is 90.2 cm³/mol. The molecule has 0 radical (unpaired) electrons. The van der Waals surface area contributed by atoms with Crippen molar-refractivity contribution >= 4 is 11.6 Å². The smallest absolute Gasteiger partial charge is 0.223 e. The summed E-state index contributed by atoms with van der Waals surface area (Å²) in [5.41, 5.74) is 2.61. The third kappa shape index (κ3) is 4.57. The highest BCUT2D eigenvalue weighted by molar-refractivity contribution is 6.28. The zero-order valence-electron chi connectivity index (χ0n) is 12.2. The van der Waals surface area contributed by atoms with Crippen molar-refractivity contribution in [2.45, 2.75) is 6.61 Å². The van der Waals surface area contributed by atoms with Crippen molar-refractivity contribution in [1.82, 2.24) is 9.97 Å². The fourth-order valence-electron chi connectivity index (χ4n) is 1.92. The molecule has 0 saturated carbocycles. The largest absolute Gasteiger partial charge is 0.489 e. The molecule has 23 heavy (non-hydrogen) atoms. The lowest BCUT2D eigenvalue weighted by Gasteiger charge is -2.05. The van der Waals surface area contributed by atoms with Gasteiger partial charge in [0.25, 0.3) is 0 Å². The minimum Gasteiger partial charge on any atom is -0.489 e. The summed E-state index contributed by atoms with van der Waals surface area (Å²) < 4.78 is 5.74. The molecule has 0 unspecified atom stereocenters. The molecule has 0 amide bonds. The third-order valence-corrected chi connectivity index (χ3v) is 3.25. The van der Waals surface area contributed by atoms with Crippen LogP contribution in [0.1, 0.15) is 16.8 Å². The Morgan fingerprint density at radius 3 is 2.43 bits per heavy atom. The summed E-state index contributed by atoms with van der Waals surface area (Å²) in [6.07, 6.45) is 1.58. The Morgan fingerprint density at radius 2 is 1.70 bits per heavy atom. The summed E-state index contributed by atoms with van der Waals surface area (Å²) in [6, 6.07) is 19.4. The number of rotatable bonds is 3. The van der Waals surface area contributed by atoms with Gasteiger partial charge in [-0.05, 0) is 53.4 Å². The van der Waals surface area contributed by atoms with Crippen molar-refractivity contribution in [3.63, 3.8) is 0 Å². The maximum Gasteiger partial charge on any atom is 0.223 e. The molecule has 2 aromatic carbocycles. The molecule has 0 fully saturated rings. The molecule has 0 saturated heterocycles. The number of nitrogens with zero attached hydrogens (tertiary/aromatic N) is 2. The van der Waals surface area contributed by atoms with Gasteiger partial charge in [0.15, 0.2) is 0 Å². The van der Waals surface area contributed by atoms with Crippen molar-refractivity contribution in [2.24, 2.45) is 0 Å². The summed E-state index contributed by atoms with van der Waals surface area (Å²) in [5.74, 6) is 6.80. The van der Waals surface area contributed by atoms with Crippen molar-refractivity contribution in [3.8, 4) is 17.6 Å². The summed E-state index contributed by atoms with van der Waals surface area (Å²) in [4.78, 5) is 7.85. The van der Waals surface area contributed by atoms with Gasteiger partial charge < -0.3 is 4.74 Å². The van der Waals surface area contributed by atoms with E-state index in [1.807, 2.05) is 54.6 Å². The summed E-state index contributed by atoms with van der Waals surface area (Å²) in [5, 5.41) is 0.196. The maximum absolute atomic E-state index is 5.74. The van der Waals surface area contributed by atoms with Gasteiger partial charge in [0.05, 0.1) is 0 Å². The second-order valence-corrected chi connectivity index (χ2v) is 5.10. The molecule has 4 heteroatoms. The molecule has 3 rings (SSSR count). The highest BCUT2D eigenvalue weighted by Gasteiger charge is 1.96. The second kappa shape index (κ2) is 7.44. The first-order chi connectivity index (χ1) is 11.3. The number of hydrogen-bond donors (Lipinski definition) is 0. The van der Waals surface area contributed by atoms with Crippen LogP contribution in [-0.4, -0.2) is 9.97 Å². The third-order valence-electron chi connectivity index (χ3n) is 3.06. The zero-order valence-corrected chi connectivity index (χ0v) is 13.0. The average Bonchev–Trinajstić information content (AvgIpc) is 2.60. The SMILES string of the molecule is Clc1nccc(C#Cc2ccc(OCc3ccccc3)cc2)n1. The van der Waals surface area contributed by atoms with Crippen LogP contribution in [0.25, 0.3) is 0 Å². The molecule has 0 spiro atoms. The van der Waals surface area contributed by atoms with E-state index in [0.29, 0.717) is 12.3 Å². The normalized spacial score (nSPS) is 9.78. The zero-order chi connectivity index (χ0) is 15.9. The molecule has 0 N–H and O–H groups in total. The summed E-state index contributed by atoms with van der Waals surface area (Å²) >= 11 is 5.73. The second-order valence-electron chi connectivity index (χ2n) is 4.76. The van der Waals surface area contributed by atoms with Gasteiger partial charge in [0.1, 0.15) is 18.1 Å². The molecule has 0 bridgehead atoms. The lowest BCUT2D eigenvalue weighted by atomic mass is 10.2. The standard InChI is InChI=1S/C19H13ClN2O/c20-19-21-13-12-17(22-19)9-6-15-7-10-18(11-8-15)23-14-16-4-2-1-3-5-16/h1-5,7-8,10-13H,14H2. The fourth-order valence-corrected chi connectivity index (χ4v) is 2.06. The Balaban J connectivity index is 1.63. The Morgan fingerprint density at radius 1 is 0.913 bits per heavy atom. The number of hydrogen-bond acceptors (Lipinski definition) is 3. The van der Waals surface area contributed by atoms with Gasteiger partial charge in [-0.3, -0.25) is 0 Å². The van der Waals surface area contributed by atoms with Crippen LogP contribution in [0.3, 0.4) is 0 Å². The van der Waals surface area contributed by atoms with E-state index in [1.54, 1.807) is 12.3 Å². The van der Waals surface area contributed by atoms with Crippen LogP contribution in [0.5, 0.6) is 5.75 Å². The highest BCUT2D eigenvalue weighted by Crippen LogP contribution is 2.14. The molecule has 3 nitrogen and oxygen atoms in total. The van der Waals surface area contributed by atoms with Gasteiger partial charge in [0.2, 0.25) is 5.28 Å². The molecular formula is C19H13ClN2O. The maximum atomic E-state index is 5.74. The average molecular weight is 321 g/mol. The van der Waals surface area contributed by atoms with Crippen molar-refractivity contribution in [3.05, 3.63) is 89.0 Å². The number of benzene rings is 2. The molecule has 0 aliphatic rings. The van der Waals surface area contributed by atoms with E-state index < -0.39 is 0 Å². The molecule has 112 valence electrons. The van der Waals surface area contributed by atoms with E-state index >= 15 is 0 Å². The van der Waals surface area contributed by atoms with Crippen molar-refractivity contribution < 1.29 is 4.74 Å². The fraction of sp³-hybridized carbons (Fsp3) is 0.0526. The van der Waals surface area contributed by atoms with E-state index in [2.05, 4.69) is 21.8 Å². The van der Waals surface area contributed by atoms with Crippen LogP contribution in [-0.2, 0) is 6.61 Å². The summed E-state index contributed by atoms with van der Waals surface area (Å²) in [6.45, 7) is 0.547. The van der Waals surface area contributed by atoms with Crippen LogP contribution >= 0.6 is 11.6 Å². The Kier molecular flexibility index (Phi) is 4.88. The lowest BCUT2D eigenvalue weighted by Crippen LogP contribution is -1.94. The topological polar surface area (TPSA) is 35.0 Å². The Labute approximate surface area is 139 Å². The predicted octanol–water partition coefficient (Wildman–Crippen LogP) is 4.11. The first-order valence-electron chi connectivity index (χ1n) is 7.07. The molecule has 1 aromatic heterocycles. The highest BCUT2D eigenvalue weighted by atomic mass is 35.5. The molecule has 1 heterocycles. The minimum absolute atomic E-state index is 0.196. The molecule has 3 aromatic rings. The minimum atomic E-state index is 0.196. The van der Waals surface area contributed by atoms with Crippen LogP contribution in [0.2, 0.25) is 5.28 Å². The van der Waals surface area contributed by atoms with Crippen LogP contribution in [0.15, 0.2) is 66.9 Å². The van der Waals surface area contributed by atoms with E-state index in [9.17, 15) is 0 Å². The molecule has 0 aliphatic carbocycles. The van der Waals surface area contributed by atoms with E-state index in [4.69, 9.17) is 16.3 Å². The van der Waals surface area contributed by atoms with Crippen LogP contribution < -0.4 is 4.74 Å². The monoisotopic (exact) mass is 320 g/mol. The molecular weight excluding hydrogens is 308 g/mol. The quantitative estimate of drug-likeness (QED) is 0.538. The van der Waals surface area contributed by atoms with E-state index in [1.165, 1.54) is 0 Å². The Bertz CT molecular complexity index is 836. The van der Waals surface area contributed by atoms with Crippen molar-refractivity contribution in [1.29, 1.82) is 0 Å². The van der Waals surface area contributed by atoms with Gasteiger partial charge in [-0.25, -0.2) is 9.97 Å². The van der Waals surface area contributed by atoms with Crippen molar-refractivity contribution in [2.75, 3.05) is 0 Å². The summed E-state index contributed by atoms with van der Waals surface area (Å²) in [7, 11) is 0. The van der Waals surface area contributed by atoms with Gasteiger partial charge in [0, 0.05) is 11.8 Å². The number of aromatic nitrogens is 2. The first-order valence-corrected chi connectivity index (χ1v) is 7.45. The van der Waals surface area contributed by atoms with E-state index in [0.717, 1.165) is 16.9 Å². The van der Waals surface area contributed by atoms with Crippen LogP contribution in [0, 0.1) is 11.8 Å². The van der Waals surface area contributed by atoms with Gasteiger partial charge in [-0.1, -0.05) is 36.3 Å². The number of ether oxygens (including phenoxy) is 1. The van der Waals surface area contributed by atoms with E-state index in [-0.39, 0.29) is 5.28 Å². The van der Waals surface area contributed by atoms with Gasteiger partial charge >= 0.3 is 0 Å². The van der Waals surface area contributed by atoms with Gasteiger partial charge in [-0.2, -0.15) is 0 Å². The molecule has 0 aliphatic heterocycles. The number of halogens is 1.